The van der Waals surface area contributed by atoms with Gasteiger partial charge in [0, 0.05) is 12.1 Å². The maximum Gasteiger partial charge on any atom is 0.269 e. The first kappa shape index (κ1) is 13.0. The summed E-state index contributed by atoms with van der Waals surface area (Å²) in [5, 5.41) is 19.7. The number of hydrogen-bond donors (Lipinski definition) is 1. The second-order valence-corrected chi connectivity index (χ2v) is 3.97. The van der Waals surface area contributed by atoms with E-state index in [4.69, 9.17) is 4.74 Å². The number of hydrogen-bond acceptors (Lipinski definition) is 4. The van der Waals surface area contributed by atoms with Crippen LogP contribution in [0.3, 0.4) is 0 Å². The zero-order valence-electron chi connectivity index (χ0n) is 10.2. The minimum absolute atomic E-state index is 0.0307. The number of nitro benzene ring substituents is 1. The molecule has 0 aromatic heterocycles. The monoisotopic (exact) mass is 259 g/mol. The van der Waals surface area contributed by atoms with Crippen LogP contribution >= 0.6 is 0 Å². The molecule has 2 aromatic rings. The molecule has 5 heteroatoms. The van der Waals surface area contributed by atoms with E-state index in [-0.39, 0.29) is 12.3 Å². The topological polar surface area (TPSA) is 72.6 Å². The number of ether oxygens (including phenoxy) is 1. The molecule has 0 saturated heterocycles. The second kappa shape index (κ2) is 5.97. The molecule has 0 amide bonds. The predicted octanol–water partition coefficient (Wildman–Crippen LogP) is 2.67. The van der Waals surface area contributed by atoms with Crippen LogP contribution in [0.4, 0.5) is 5.69 Å². The van der Waals surface area contributed by atoms with Crippen molar-refractivity contribution in [2.45, 2.75) is 13.2 Å². The summed E-state index contributed by atoms with van der Waals surface area (Å²) in [7, 11) is 0. The summed E-state index contributed by atoms with van der Waals surface area (Å²) in [5.41, 5.74) is 1.73. The lowest BCUT2D eigenvalue weighted by Gasteiger charge is -2.09. The lowest BCUT2D eigenvalue weighted by Crippen LogP contribution is -2.00. The van der Waals surface area contributed by atoms with Gasteiger partial charge < -0.3 is 9.84 Å². The summed E-state index contributed by atoms with van der Waals surface area (Å²) in [5.74, 6) is 0.554. The second-order valence-electron chi connectivity index (χ2n) is 3.97. The molecular weight excluding hydrogens is 246 g/mol. The highest BCUT2D eigenvalue weighted by Gasteiger charge is 2.05. The van der Waals surface area contributed by atoms with Gasteiger partial charge in [-0.3, -0.25) is 10.1 Å². The van der Waals surface area contributed by atoms with E-state index >= 15 is 0 Å². The maximum atomic E-state index is 10.5. The molecule has 5 nitrogen and oxygen atoms in total. The minimum atomic E-state index is -0.454. The van der Waals surface area contributed by atoms with Crippen molar-refractivity contribution >= 4 is 5.69 Å². The molecule has 0 heterocycles. The minimum Gasteiger partial charge on any atom is -0.489 e. The molecular formula is C14H13NO4. The van der Waals surface area contributed by atoms with Crippen LogP contribution in [0.1, 0.15) is 11.1 Å². The fourth-order valence-electron chi connectivity index (χ4n) is 1.68. The maximum absolute atomic E-state index is 10.5. The average Bonchev–Trinajstić information content (AvgIpc) is 2.45. The molecule has 0 saturated carbocycles. The van der Waals surface area contributed by atoms with Crippen LogP contribution in [-0.2, 0) is 13.2 Å². The van der Waals surface area contributed by atoms with E-state index in [2.05, 4.69) is 0 Å². The quantitative estimate of drug-likeness (QED) is 0.661. The first-order valence-corrected chi connectivity index (χ1v) is 5.75. The Kier molecular flexibility index (Phi) is 4.10. The zero-order chi connectivity index (χ0) is 13.7. The SMILES string of the molecule is O=[N+]([O-])c1ccc(OCc2ccccc2CO)cc1. The van der Waals surface area contributed by atoms with E-state index in [1.807, 2.05) is 24.3 Å². The zero-order valence-corrected chi connectivity index (χ0v) is 10.2. The third-order valence-corrected chi connectivity index (χ3v) is 2.73. The summed E-state index contributed by atoms with van der Waals surface area (Å²) in [6, 6.07) is 13.3. The number of non-ortho nitro benzene ring substituents is 1. The third-order valence-electron chi connectivity index (χ3n) is 2.73. The van der Waals surface area contributed by atoms with Gasteiger partial charge in [0.1, 0.15) is 12.4 Å². The molecule has 0 aliphatic carbocycles. The van der Waals surface area contributed by atoms with Crippen LogP contribution in [0, 0.1) is 10.1 Å². The van der Waals surface area contributed by atoms with E-state index in [9.17, 15) is 15.2 Å². The molecule has 0 fully saturated rings. The number of aliphatic hydroxyl groups is 1. The van der Waals surface area contributed by atoms with Crippen LogP contribution in [0.2, 0.25) is 0 Å². The van der Waals surface area contributed by atoms with Crippen LogP contribution in [0.5, 0.6) is 5.75 Å². The molecule has 1 N–H and O–H groups in total. The third kappa shape index (κ3) is 3.29. The molecule has 0 radical (unpaired) electrons. The summed E-state index contributed by atoms with van der Waals surface area (Å²) in [6.07, 6.45) is 0. The van der Waals surface area contributed by atoms with Crippen LogP contribution in [0.15, 0.2) is 48.5 Å². The highest BCUT2D eigenvalue weighted by atomic mass is 16.6. The molecule has 0 spiro atoms. The van der Waals surface area contributed by atoms with Crippen molar-refractivity contribution in [3.63, 3.8) is 0 Å². The number of rotatable bonds is 5. The Hall–Kier alpha value is -2.40. The van der Waals surface area contributed by atoms with Crippen molar-refractivity contribution in [1.29, 1.82) is 0 Å². The molecule has 0 aliphatic rings. The fourth-order valence-corrected chi connectivity index (χ4v) is 1.68. The molecule has 19 heavy (non-hydrogen) atoms. The van der Waals surface area contributed by atoms with Gasteiger partial charge in [0.15, 0.2) is 0 Å². The van der Waals surface area contributed by atoms with Gasteiger partial charge in [0.25, 0.3) is 5.69 Å². The van der Waals surface area contributed by atoms with Crippen molar-refractivity contribution in [3.8, 4) is 5.75 Å². The molecule has 0 atom stereocenters. The average molecular weight is 259 g/mol. The Labute approximate surface area is 110 Å². The van der Waals surface area contributed by atoms with Gasteiger partial charge in [0.05, 0.1) is 11.5 Å². The lowest BCUT2D eigenvalue weighted by atomic mass is 10.1. The lowest BCUT2D eigenvalue weighted by molar-refractivity contribution is -0.384. The van der Waals surface area contributed by atoms with E-state index in [1.54, 1.807) is 12.1 Å². The van der Waals surface area contributed by atoms with Crippen molar-refractivity contribution in [2.24, 2.45) is 0 Å². The van der Waals surface area contributed by atoms with Gasteiger partial charge in [-0.1, -0.05) is 24.3 Å². The Morgan fingerprint density at radius 2 is 1.68 bits per heavy atom. The van der Waals surface area contributed by atoms with E-state index in [1.165, 1.54) is 12.1 Å². The first-order chi connectivity index (χ1) is 9.20. The van der Waals surface area contributed by atoms with Crippen molar-refractivity contribution in [2.75, 3.05) is 0 Å². The molecule has 2 rings (SSSR count). The summed E-state index contributed by atoms with van der Waals surface area (Å²) in [6.45, 7) is 0.272. The summed E-state index contributed by atoms with van der Waals surface area (Å²) < 4.78 is 5.54. The number of nitro groups is 1. The molecule has 2 aromatic carbocycles. The molecule has 0 unspecified atom stereocenters. The van der Waals surface area contributed by atoms with E-state index in [0.29, 0.717) is 12.4 Å². The molecule has 0 aliphatic heterocycles. The Morgan fingerprint density at radius 1 is 1.05 bits per heavy atom. The van der Waals surface area contributed by atoms with Gasteiger partial charge in [-0.25, -0.2) is 0 Å². The van der Waals surface area contributed by atoms with Gasteiger partial charge in [-0.05, 0) is 23.3 Å². The Balaban J connectivity index is 2.04. The van der Waals surface area contributed by atoms with Gasteiger partial charge >= 0.3 is 0 Å². The van der Waals surface area contributed by atoms with Crippen molar-refractivity contribution in [1.82, 2.24) is 0 Å². The first-order valence-electron chi connectivity index (χ1n) is 5.75. The largest absolute Gasteiger partial charge is 0.489 e. The van der Waals surface area contributed by atoms with Crippen LogP contribution in [0.25, 0.3) is 0 Å². The Morgan fingerprint density at radius 3 is 2.26 bits per heavy atom. The van der Waals surface area contributed by atoms with E-state index < -0.39 is 4.92 Å². The fraction of sp³-hybridized carbons (Fsp3) is 0.143. The van der Waals surface area contributed by atoms with Gasteiger partial charge in [-0.15, -0.1) is 0 Å². The van der Waals surface area contributed by atoms with Crippen LogP contribution < -0.4 is 4.74 Å². The standard InChI is InChI=1S/C14H13NO4/c16-9-11-3-1-2-4-12(11)10-19-14-7-5-13(6-8-14)15(17)18/h1-8,16H,9-10H2. The summed E-state index contributed by atoms with van der Waals surface area (Å²) >= 11 is 0. The molecule has 0 bridgehead atoms. The predicted molar refractivity (Wildman–Crippen MR) is 69.8 cm³/mol. The molecule has 98 valence electrons. The summed E-state index contributed by atoms with van der Waals surface area (Å²) in [4.78, 5) is 10.1. The van der Waals surface area contributed by atoms with Gasteiger partial charge in [0.2, 0.25) is 0 Å². The Bertz CT molecular complexity index is 566. The smallest absolute Gasteiger partial charge is 0.269 e. The normalized spacial score (nSPS) is 10.2. The number of aliphatic hydroxyl groups excluding tert-OH is 1. The van der Waals surface area contributed by atoms with Crippen molar-refractivity contribution < 1.29 is 14.8 Å². The van der Waals surface area contributed by atoms with Gasteiger partial charge in [-0.2, -0.15) is 0 Å². The highest BCUT2D eigenvalue weighted by molar-refractivity contribution is 5.36. The van der Waals surface area contributed by atoms with E-state index in [0.717, 1.165) is 11.1 Å². The highest BCUT2D eigenvalue weighted by Crippen LogP contribution is 2.19. The number of nitrogens with zero attached hydrogens (tertiary/aromatic N) is 1. The number of benzene rings is 2. The van der Waals surface area contributed by atoms with Crippen LogP contribution in [-0.4, -0.2) is 10.0 Å². The van der Waals surface area contributed by atoms with Crippen molar-refractivity contribution in [3.05, 3.63) is 69.8 Å².